The van der Waals surface area contributed by atoms with Crippen LogP contribution in [0.2, 0.25) is 0 Å². The van der Waals surface area contributed by atoms with E-state index >= 15 is 0 Å². The van der Waals surface area contributed by atoms with Crippen LogP contribution < -0.4 is 0 Å². The smallest absolute Gasteiger partial charge is 0.175 e. The zero-order valence-electron chi connectivity index (χ0n) is 17.0. The van der Waals surface area contributed by atoms with Crippen molar-refractivity contribution in [3.8, 4) is 0 Å². The number of nitrogens with one attached hydrogen (secondary N) is 2. The first-order valence-corrected chi connectivity index (χ1v) is 12.3. The van der Waals surface area contributed by atoms with Crippen molar-refractivity contribution in [2.75, 3.05) is 23.0 Å². The van der Waals surface area contributed by atoms with Gasteiger partial charge in [0.15, 0.2) is 11.6 Å². The van der Waals surface area contributed by atoms with Gasteiger partial charge in [-0.05, 0) is 23.7 Å². The topological polar surface area (TPSA) is 143 Å². The molecule has 2 heterocycles. The van der Waals surface area contributed by atoms with Crippen molar-refractivity contribution in [1.82, 2.24) is 41.2 Å². The van der Waals surface area contributed by atoms with E-state index in [0.29, 0.717) is 47.5 Å². The summed E-state index contributed by atoms with van der Waals surface area (Å²) in [7, 11) is -1.95. The van der Waals surface area contributed by atoms with Gasteiger partial charge in [0, 0.05) is 57.5 Å². The molecule has 2 rings (SSSR count). The van der Waals surface area contributed by atoms with Crippen molar-refractivity contribution < 1.29 is 8.42 Å². The summed E-state index contributed by atoms with van der Waals surface area (Å²) >= 11 is 0. The largest absolute Gasteiger partial charge is 0.260 e. The predicted octanol–water partition coefficient (Wildman–Crippen LogP) is 0.828. The molecule has 0 bridgehead atoms. The third-order valence-electron chi connectivity index (χ3n) is 4.60. The summed E-state index contributed by atoms with van der Waals surface area (Å²) in [6, 6.07) is 0. The summed E-state index contributed by atoms with van der Waals surface area (Å²) in [6.07, 6.45) is 2.95. The summed E-state index contributed by atoms with van der Waals surface area (Å²) in [5.41, 5.74) is -0.115. The Kier molecular flexibility index (Phi) is 8.35. The maximum atomic E-state index is 12.3. The van der Waals surface area contributed by atoms with Crippen molar-refractivity contribution >= 4 is 21.6 Å². The highest BCUT2D eigenvalue weighted by Crippen LogP contribution is 2.25. The fourth-order valence-electron chi connectivity index (χ4n) is 2.72. The van der Waals surface area contributed by atoms with E-state index in [1.54, 1.807) is 0 Å². The Morgan fingerprint density at radius 1 is 0.714 bits per heavy atom. The lowest BCUT2D eigenvalue weighted by Gasteiger charge is -2.23. The van der Waals surface area contributed by atoms with Crippen LogP contribution in [0.3, 0.4) is 0 Å². The lowest BCUT2D eigenvalue weighted by atomic mass is 9.86. The van der Waals surface area contributed by atoms with E-state index < -0.39 is 21.6 Å². The average Bonchev–Trinajstić information content (AvgIpc) is 3.30. The molecule has 0 saturated carbocycles. The Labute approximate surface area is 170 Å². The van der Waals surface area contributed by atoms with Gasteiger partial charge in [0.05, 0.1) is 0 Å². The first-order valence-electron chi connectivity index (χ1n) is 9.30. The summed E-state index contributed by atoms with van der Waals surface area (Å²) in [5.74, 6) is 3.45. The number of nitrogens with zero attached hydrogens (tertiary/aromatic N) is 6. The van der Waals surface area contributed by atoms with Crippen molar-refractivity contribution in [2.24, 2.45) is 10.8 Å². The average molecular weight is 431 g/mol. The van der Waals surface area contributed by atoms with Gasteiger partial charge in [0.2, 0.25) is 0 Å². The van der Waals surface area contributed by atoms with Gasteiger partial charge in [-0.2, -0.15) is 10.4 Å². The summed E-state index contributed by atoms with van der Waals surface area (Å²) < 4.78 is 24.6. The fraction of sp³-hybridized carbons (Fsp3) is 0.875. The van der Waals surface area contributed by atoms with Crippen molar-refractivity contribution in [2.45, 2.75) is 53.4 Å². The van der Waals surface area contributed by atoms with Crippen LogP contribution in [0.5, 0.6) is 0 Å². The van der Waals surface area contributed by atoms with Crippen LogP contribution in [0.4, 0.5) is 0 Å². The SMILES string of the molecule is CC(C)(CCS(=O)CCS(=O)CCC(C)(C)Cc1nn[nH]n1)Cc1nn[nH]n1. The monoisotopic (exact) mass is 430 g/mol. The Bertz CT molecular complexity index is 683. The first kappa shape index (κ1) is 22.7. The minimum Gasteiger partial charge on any atom is -0.260 e. The Hall–Kier alpha value is -1.56. The Morgan fingerprint density at radius 2 is 1.11 bits per heavy atom. The van der Waals surface area contributed by atoms with E-state index in [0.717, 1.165) is 12.8 Å². The standard InChI is InChI=1S/C16H30N8O2S2/c1-15(2,11-13-17-21-22-18-13)5-7-27(25)9-10-28(26)8-6-16(3,4)12-14-19-23-24-20-14/h5-12H2,1-4H3,(H,17,18,21,22)(H,19,20,23,24). The number of aromatic nitrogens is 8. The molecule has 2 aromatic rings. The van der Waals surface area contributed by atoms with Crippen LogP contribution in [0, 0.1) is 10.8 Å². The molecule has 0 amide bonds. The minimum atomic E-state index is -0.976. The lowest BCUT2D eigenvalue weighted by Crippen LogP contribution is -2.22. The molecule has 0 radical (unpaired) electrons. The Balaban J connectivity index is 1.64. The third-order valence-corrected chi connectivity index (χ3v) is 7.50. The van der Waals surface area contributed by atoms with Gasteiger partial charge in [0.25, 0.3) is 0 Å². The van der Waals surface area contributed by atoms with E-state index in [4.69, 9.17) is 0 Å². The Morgan fingerprint density at radius 3 is 1.43 bits per heavy atom. The normalized spacial score (nSPS) is 14.9. The second-order valence-electron chi connectivity index (χ2n) is 8.53. The number of aromatic amines is 2. The molecule has 12 heteroatoms. The lowest BCUT2D eigenvalue weighted by molar-refractivity contribution is 0.343. The maximum absolute atomic E-state index is 12.3. The second kappa shape index (κ2) is 10.3. The van der Waals surface area contributed by atoms with Crippen LogP contribution in [0.15, 0.2) is 0 Å². The number of hydrogen-bond acceptors (Lipinski definition) is 8. The number of H-pyrrole nitrogens is 2. The molecule has 10 nitrogen and oxygen atoms in total. The highest BCUT2D eigenvalue weighted by atomic mass is 32.2. The molecular formula is C16H30N8O2S2. The molecule has 0 aliphatic heterocycles. The van der Waals surface area contributed by atoms with Crippen molar-refractivity contribution in [3.05, 3.63) is 11.6 Å². The molecule has 158 valence electrons. The highest BCUT2D eigenvalue weighted by Gasteiger charge is 2.23. The van der Waals surface area contributed by atoms with Crippen molar-refractivity contribution in [3.63, 3.8) is 0 Å². The van der Waals surface area contributed by atoms with Gasteiger partial charge in [-0.3, -0.25) is 8.42 Å². The van der Waals surface area contributed by atoms with E-state index in [1.807, 2.05) is 0 Å². The van der Waals surface area contributed by atoms with Gasteiger partial charge in [0.1, 0.15) is 0 Å². The van der Waals surface area contributed by atoms with Crippen LogP contribution >= 0.6 is 0 Å². The number of hydrogen-bond donors (Lipinski definition) is 2. The maximum Gasteiger partial charge on any atom is 0.175 e. The number of rotatable bonds is 13. The minimum absolute atomic E-state index is 0.0577. The molecule has 0 aliphatic carbocycles. The second-order valence-corrected chi connectivity index (χ2v) is 11.9. The molecule has 2 N–H and O–H groups in total. The molecule has 0 saturated heterocycles. The quantitative estimate of drug-likeness (QED) is 0.475. The zero-order chi connectivity index (χ0) is 20.6. The van der Waals surface area contributed by atoms with Gasteiger partial charge >= 0.3 is 0 Å². The van der Waals surface area contributed by atoms with Gasteiger partial charge < -0.3 is 0 Å². The van der Waals surface area contributed by atoms with Gasteiger partial charge in [-0.25, -0.2) is 0 Å². The molecule has 2 unspecified atom stereocenters. The van der Waals surface area contributed by atoms with Gasteiger partial charge in [-0.1, -0.05) is 38.1 Å². The third kappa shape index (κ3) is 8.63. The molecule has 0 aliphatic rings. The molecule has 2 atom stereocenters. The molecule has 28 heavy (non-hydrogen) atoms. The van der Waals surface area contributed by atoms with Crippen LogP contribution in [-0.4, -0.2) is 72.7 Å². The van der Waals surface area contributed by atoms with E-state index in [1.165, 1.54) is 0 Å². The van der Waals surface area contributed by atoms with Crippen molar-refractivity contribution in [1.29, 1.82) is 0 Å². The molecule has 0 aromatic carbocycles. The van der Waals surface area contributed by atoms with E-state index in [9.17, 15) is 8.42 Å². The van der Waals surface area contributed by atoms with E-state index in [-0.39, 0.29) is 10.8 Å². The van der Waals surface area contributed by atoms with E-state index in [2.05, 4.69) is 68.9 Å². The molecular weight excluding hydrogens is 400 g/mol. The molecule has 2 aromatic heterocycles. The van der Waals surface area contributed by atoms with Crippen LogP contribution in [-0.2, 0) is 34.4 Å². The molecule has 0 spiro atoms. The highest BCUT2D eigenvalue weighted by molar-refractivity contribution is 7.88. The predicted molar refractivity (Wildman–Crippen MR) is 108 cm³/mol. The number of tetrazole rings is 2. The fourth-order valence-corrected chi connectivity index (χ4v) is 6.17. The summed E-state index contributed by atoms with van der Waals surface area (Å²) in [4.78, 5) is 0. The first-order chi connectivity index (χ1) is 13.2. The van der Waals surface area contributed by atoms with Gasteiger partial charge in [-0.15, -0.1) is 20.4 Å². The molecule has 0 fully saturated rings. The zero-order valence-corrected chi connectivity index (χ0v) is 18.6. The van der Waals surface area contributed by atoms with Crippen LogP contribution in [0.25, 0.3) is 0 Å². The van der Waals surface area contributed by atoms with Crippen LogP contribution in [0.1, 0.15) is 52.2 Å². The summed E-state index contributed by atoms with van der Waals surface area (Å²) in [6.45, 7) is 8.41. The summed E-state index contributed by atoms with van der Waals surface area (Å²) in [5, 5.41) is 27.9.